The molecule has 0 aliphatic carbocycles. The lowest BCUT2D eigenvalue weighted by atomic mass is 10.1. The fourth-order valence-corrected chi connectivity index (χ4v) is 1.51. The van der Waals surface area contributed by atoms with Crippen LogP contribution in [0.2, 0.25) is 5.28 Å². The van der Waals surface area contributed by atoms with Gasteiger partial charge in [-0.2, -0.15) is 0 Å². The third-order valence-corrected chi connectivity index (χ3v) is 2.38. The van der Waals surface area contributed by atoms with E-state index in [0.717, 1.165) is 5.56 Å². The average Bonchev–Trinajstić information content (AvgIpc) is 2.65. The summed E-state index contributed by atoms with van der Waals surface area (Å²) in [6.07, 6.45) is 5.16. The molecule has 2 aromatic heterocycles. The van der Waals surface area contributed by atoms with Crippen molar-refractivity contribution in [2.75, 3.05) is 0 Å². The number of hydrogen-bond acceptors (Lipinski definition) is 3. The van der Waals surface area contributed by atoms with Crippen molar-refractivity contribution >= 4 is 11.6 Å². The molecule has 2 rings (SSSR count). The molecule has 0 spiro atoms. The Labute approximate surface area is 86.6 Å². The molecule has 2 heterocycles. The lowest BCUT2D eigenvalue weighted by molar-refractivity contribution is 0.634. The quantitative estimate of drug-likeness (QED) is 0.758. The highest BCUT2D eigenvalue weighted by Gasteiger charge is 2.10. The smallest absolute Gasteiger partial charge is 0.225 e. The third kappa shape index (κ3) is 1.61. The number of hydrogen-bond donors (Lipinski definition) is 0. The van der Waals surface area contributed by atoms with E-state index in [0.29, 0.717) is 5.28 Å². The lowest BCUT2D eigenvalue weighted by Gasteiger charge is -2.12. The van der Waals surface area contributed by atoms with E-state index in [1.807, 2.05) is 19.1 Å². The molecule has 72 valence electrons. The summed E-state index contributed by atoms with van der Waals surface area (Å²) in [5.74, 6) is 0. The Kier molecular flexibility index (Phi) is 2.45. The van der Waals surface area contributed by atoms with E-state index in [9.17, 15) is 0 Å². The monoisotopic (exact) mass is 208 g/mol. The molecule has 0 aliphatic heterocycles. The summed E-state index contributed by atoms with van der Waals surface area (Å²) in [6, 6.07) is 3.99. The Morgan fingerprint density at radius 1 is 1.50 bits per heavy atom. The lowest BCUT2D eigenvalue weighted by Crippen LogP contribution is -2.05. The molecule has 4 nitrogen and oxygen atoms in total. The van der Waals surface area contributed by atoms with E-state index in [2.05, 4.69) is 15.2 Å². The zero-order valence-electron chi connectivity index (χ0n) is 7.63. The number of rotatable bonds is 2. The molecular weight excluding hydrogens is 200 g/mol. The molecule has 0 saturated heterocycles. The van der Waals surface area contributed by atoms with E-state index in [1.54, 1.807) is 23.3 Å². The SMILES string of the molecule is CC(c1cccnc1)n1cnnc1Cl. The standard InChI is InChI=1S/C9H9ClN4/c1-7(8-3-2-4-11-5-8)14-6-12-13-9(14)10/h2-7H,1H3. The average molecular weight is 209 g/mol. The van der Waals surface area contributed by atoms with Crippen molar-refractivity contribution in [3.63, 3.8) is 0 Å². The molecule has 0 aromatic carbocycles. The fourth-order valence-electron chi connectivity index (χ4n) is 1.27. The Morgan fingerprint density at radius 3 is 2.93 bits per heavy atom. The number of halogens is 1. The molecule has 0 bridgehead atoms. The Morgan fingerprint density at radius 2 is 2.36 bits per heavy atom. The predicted octanol–water partition coefficient (Wildman–Crippen LogP) is 1.94. The third-order valence-electron chi connectivity index (χ3n) is 2.11. The van der Waals surface area contributed by atoms with Crippen molar-refractivity contribution in [1.29, 1.82) is 0 Å². The van der Waals surface area contributed by atoms with E-state index >= 15 is 0 Å². The van der Waals surface area contributed by atoms with Gasteiger partial charge in [-0.05, 0) is 30.2 Å². The Balaban J connectivity index is 2.34. The van der Waals surface area contributed by atoms with E-state index in [4.69, 9.17) is 11.6 Å². The van der Waals surface area contributed by atoms with Crippen LogP contribution >= 0.6 is 11.6 Å². The molecule has 2 aromatic rings. The highest BCUT2D eigenvalue weighted by molar-refractivity contribution is 6.28. The molecule has 0 fully saturated rings. The minimum absolute atomic E-state index is 0.103. The molecule has 0 N–H and O–H groups in total. The summed E-state index contributed by atoms with van der Waals surface area (Å²) in [6.45, 7) is 2.02. The van der Waals surface area contributed by atoms with Crippen LogP contribution in [0.25, 0.3) is 0 Å². The molecule has 0 saturated carbocycles. The van der Waals surface area contributed by atoms with Crippen molar-refractivity contribution in [2.45, 2.75) is 13.0 Å². The summed E-state index contributed by atoms with van der Waals surface area (Å²) in [4.78, 5) is 4.05. The number of aromatic nitrogens is 4. The van der Waals surface area contributed by atoms with Crippen LogP contribution < -0.4 is 0 Å². The minimum Gasteiger partial charge on any atom is -0.297 e. The van der Waals surface area contributed by atoms with Crippen molar-refractivity contribution in [2.24, 2.45) is 0 Å². The normalized spacial score (nSPS) is 12.7. The summed E-state index contributed by atoms with van der Waals surface area (Å²) < 4.78 is 1.79. The topological polar surface area (TPSA) is 43.6 Å². The zero-order chi connectivity index (χ0) is 9.97. The van der Waals surface area contributed by atoms with E-state index in [-0.39, 0.29) is 6.04 Å². The van der Waals surface area contributed by atoms with E-state index in [1.165, 1.54) is 0 Å². The summed E-state index contributed by atoms with van der Waals surface area (Å²) >= 11 is 5.85. The molecule has 1 unspecified atom stereocenters. The maximum Gasteiger partial charge on any atom is 0.225 e. The van der Waals surface area contributed by atoms with Crippen molar-refractivity contribution < 1.29 is 0 Å². The van der Waals surface area contributed by atoms with Gasteiger partial charge >= 0.3 is 0 Å². The molecule has 0 aliphatic rings. The second kappa shape index (κ2) is 3.75. The first-order valence-corrected chi connectivity index (χ1v) is 4.62. The van der Waals surface area contributed by atoms with Gasteiger partial charge in [0.05, 0.1) is 6.04 Å². The molecule has 5 heteroatoms. The van der Waals surface area contributed by atoms with Crippen LogP contribution in [0.15, 0.2) is 30.9 Å². The highest BCUT2D eigenvalue weighted by atomic mass is 35.5. The first-order chi connectivity index (χ1) is 6.79. The van der Waals surface area contributed by atoms with Gasteiger partial charge in [0, 0.05) is 12.4 Å². The van der Waals surface area contributed by atoms with Crippen molar-refractivity contribution in [1.82, 2.24) is 19.7 Å². The Bertz CT molecular complexity index is 412. The van der Waals surface area contributed by atoms with Gasteiger partial charge in [0.15, 0.2) is 0 Å². The summed E-state index contributed by atoms with van der Waals surface area (Å²) in [5.41, 5.74) is 1.08. The van der Waals surface area contributed by atoms with Gasteiger partial charge in [-0.15, -0.1) is 10.2 Å². The fraction of sp³-hybridized carbons (Fsp3) is 0.222. The van der Waals surface area contributed by atoms with Crippen LogP contribution in [0, 0.1) is 0 Å². The zero-order valence-corrected chi connectivity index (χ0v) is 8.39. The second-order valence-electron chi connectivity index (χ2n) is 2.97. The van der Waals surface area contributed by atoms with Crippen LogP contribution in [0.1, 0.15) is 18.5 Å². The number of pyridine rings is 1. The van der Waals surface area contributed by atoms with E-state index < -0.39 is 0 Å². The van der Waals surface area contributed by atoms with Crippen LogP contribution in [-0.2, 0) is 0 Å². The van der Waals surface area contributed by atoms with Crippen molar-refractivity contribution in [3.8, 4) is 0 Å². The maximum absolute atomic E-state index is 5.85. The van der Waals surface area contributed by atoms with Crippen molar-refractivity contribution in [3.05, 3.63) is 41.7 Å². The molecule has 14 heavy (non-hydrogen) atoms. The van der Waals surface area contributed by atoms with Gasteiger partial charge < -0.3 is 0 Å². The first-order valence-electron chi connectivity index (χ1n) is 4.24. The van der Waals surface area contributed by atoms with Gasteiger partial charge in [-0.3, -0.25) is 9.55 Å². The van der Waals surface area contributed by atoms with Gasteiger partial charge in [0.25, 0.3) is 0 Å². The van der Waals surface area contributed by atoms with Gasteiger partial charge in [-0.25, -0.2) is 0 Å². The number of nitrogens with zero attached hydrogens (tertiary/aromatic N) is 4. The largest absolute Gasteiger partial charge is 0.297 e. The summed E-state index contributed by atoms with van der Waals surface area (Å²) in [7, 11) is 0. The second-order valence-corrected chi connectivity index (χ2v) is 3.31. The Hall–Kier alpha value is -1.42. The van der Waals surface area contributed by atoms with Gasteiger partial charge in [0.1, 0.15) is 6.33 Å². The summed E-state index contributed by atoms with van der Waals surface area (Å²) in [5, 5.41) is 7.84. The van der Waals surface area contributed by atoms with Crippen LogP contribution in [0.4, 0.5) is 0 Å². The molecular formula is C9H9ClN4. The van der Waals surface area contributed by atoms with Crippen LogP contribution in [0.3, 0.4) is 0 Å². The minimum atomic E-state index is 0.103. The molecule has 0 radical (unpaired) electrons. The first kappa shape index (κ1) is 9.15. The molecule has 1 atom stereocenters. The van der Waals surface area contributed by atoms with Crippen LogP contribution in [-0.4, -0.2) is 19.7 Å². The predicted molar refractivity (Wildman–Crippen MR) is 53.1 cm³/mol. The van der Waals surface area contributed by atoms with Gasteiger partial charge in [0.2, 0.25) is 5.28 Å². The van der Waals surface area contributed by atoms with Crippen LogP contribution in [0.5, 0.6) is 0 Å². The molecule has 0 amide bonds. The van der Waals surface area contributed by atoms with Gasteiger partial charge in [-0.1, -0.05) is 6.07 Å². The highest BCUT2D eigenvalue weighted by Crippen LogP contribution is 2.19. The maximum atomic E-state index is 5.85.